The molecule has 1 rings (SSSR count). The number of nitrogens with one attached hydrogen (secondary N) is 3. The standard InChI is InChI=1S/C13H15ClF3N3O2/c1-8(13(15,16)17)20-12(22)19-7-6-18-11(21)9-4-2-3-5-10(9)14/h2-5,8H,6-7H2,1H3,(H,18,21)(H2,19,20,22)/t8-/m0/s1. The molecule has 5 nitrogen and oxygen atoms in total. The Bertz CT molecular complexity index is 538. The monoisotopic (exact) mass is 337 g/mol. The topological polar surface area (TPSA) is 70.2 Å². The van der Waals surface area contributed by atoms with Crippen LogP contribution in [-0.4, -0.2) is 37.2 Å². The summed E-state index contributed by atoms with van der Waals surface area (Å²) >= 11 is 5.84. The SMILES string of the molecule is C[C@H](NC(=O)NCCNC(=O)c1ccccc1Cl)C(F)(F)F. The zero-order valence-corrected chi connectivity index (χ0v) is 12.4. The molecular formula is C13H15ClF3N3O2. The van der Waals surface area contributed by atoms with Crippen LogP contribution >= 0.6 is 11.6 Å². The summed E-state index contributed by atoms with van der Waals surface area (Å²) in [5.74, 6) is -0.434. The maximum absolute atomic E-state index is 12.2. The number of amides is 3. The average Bonchev–Trinajstić information content (AvgIpc) is 2.42. The molecule has 0 fully saturated rings. The molecule has 1 aromatic carbocycles. The van der Waals surface area contributed by atoms with Crippen molar-refractivity contribution in [3.05, 3.63) is 34.9 Å². The Morgan fingerprint density at radius 2 is 1.77 bits per heavy atom. The van der Waals surface area contributed by atoms with Crippen LogP contribution in [0.5, 0.6) is 0 Å². The zero-order valence-electron chi connectivity index (χ0n) is 11.6. The average molecular weight is 338 g/mol. The van der Waals surface area contributed by atoms with E-state index in [0.29, 0.717) is 0 Å². The van der Waals surface area contributed by atoms with E-state index in [9.17, 15) is 22.8 Å². The van der Waals surface area contributed by atoms with E-state index in [1.165, 1.54) is 6.07 Å². The van der Waals surface area contributed by atoms with E-state index in [4.69, 9.17) is 11.6 Å². The molecule has 3 amide bonds. The van der Waals surface area contributed by atoms with E-state index >= 15 is 0 Å². The predicted molar refractivity (Wildman–Crippen MR) is 75.8 cm³/mol. The van der Waals surface area contributed by atoms with Gasteiger partial charge in [0.2, 0.25) is 0 Å². The fraction of sp³-hybridized carbons (Fsp3) is 0.385. The summed E-state index contributed by atoms with van der Waals surface area (Å²) in [6.07, 6.45) is -4.50. The molecule has 0 bridgehead atoms. The highest BCUT2D eigenvalue weighted by Crippen LogP contribution is 2.19. The van der Waals surface area contributed by atoms with Crippen LogP contribution in [0.2, 0.25) is 5.02 Å². The van der Waals surface area contributed by atoms with Gasteiger partial charge in [0.25, 0.3) is 5.91 Å². The maximum atomic E-state index is 12.2. The van der Waals surface area contributed by atoms with Crippen LogP contribution in [0.25, 0.3) is 0 Å². The summed E-state index contributed by atoms with van der Waals surface area (Å²) < 4.78 is 36.7. The summed E-state index contributed by atoms with van der Waals surface area (Å²) in [6, 6.07) is 3.49. The molecule has 0 saturated carbocycles. The largest absolute Gasteiger partial charge is 0.408 e. The minimum atomic E-state index is -4.50. The fourth-order valence-corrected chi connectivity index (χ4v) is 1.64. The Hall–Kier alpha value is -1.96. The van der Waals surface area contributed by atoms with Gasteiger partial charge in [-0.05, 0) is 19.1 Å². The molecule has 9 heteroatoms. The first kappa shape index (κ1) is 18.1. The zero-order chi connectivity index (χ0) is 16.8. The van der Waals surface area contributed by atoms with Gasteiger partial charge in [0.15, 0.2) is 0 Å². The number of carbonyl (C=O) groups is 2. The molecule has 0 unspecified atom stereocenters. The Kier molecular flexibility index (Phi) is 6.48. The second kappa shape index (κ2) is 7.88. The van der Waals surface area contributed by atoms with Gasteiger partial charge in [-0.15, -0.1) is 0 Å². The lowest BCUT2D eigenvalue weighted by molar-refractivity contribution is -0.148. The van der Waals surface area contributed by atoms with Gasteiger partial charge in [-0.2, -0.15) is 13.2 Å². The summed E-state index contributed by atoms with van der Waals surface area (Å²) in [5.41, 5.74) is 0.277. The maximum Gasteiger partial charge on any atom is 0.408 e. The van der Waals surface area contributed by atoms with Crippen molar-refractivity contribution in [1.82, 2.24) is 16.0 Å². The van der Waals surface area contributed by atoms with E-state index in [0.717, 1.165) is 6.92 Å². The van der Waals surface area contributed by atoms with E-state index in [1.807, 2.05) is 0 Å². The molecule has 0 aliphatic carbocycles. The second-order valence-electron chi connectivity index (χ2n) is 4.40. The Morgan fingerprint density at radius 1 is 1.18 bits per heavy atom. The third kappa shape index (κ3) is 5.80. The van der Waals surface area contributed by atoms with Gasteiger partial charge in [0.05, 0.1) is 10.6 Å². The highest BCUT2D eigenvalue weighted by atomic mass is 35.5. The fourth-order valence-electron chi connectivity index (χ4n) is 1.42. The third-order valence-corrected chi connectivity index (χ3v) is 2.98. The Morgan fingerprint density at radius 3 is 2.36 bits per heavy atom. The van der Waals surface area contributed by atoms with E-state index in [1.54, 1.807) is 23.5 Å². The van der Waals surface area contributed by atoms with Crippen LogP contribution < -0.4 is 16.0 Å². The molecule has 122 valence electrons. The van der Waals surface area contributed by atoms with Crippen molar-refractivity contribution >= 4 is 23.5 Å². The number of halogens is 4. The van der Waals surface area contributed by atoms with Gasteiger partial charge in [-0.3, -0.25) is 4.79 Å². The first-order valence-corrected chi connectivity index (χ1v) is 6.73. The molecule has 1 atom stereocenters. The van der Waals surface area contributed by atoms with Gasteiger partial charge >= 0.3 is 12.2 Å². The molecule has 0 aromatic heterocycles. The summed E-state index contributed by atoms with van der Waals surface area (Å²) in [5, 5.41) is 6.72. The smallest absolute Gasteiger partial charge is 0.350 e. The van der Waals surface area contributed by atoms with Crippen LogP contribution in [0.15, 0.2) is 24.3 Å². The van der Waals surface area contributed by atoms with E-state index in [2.05, 4.69) is 10.6 Å². The lowest BCUT2D eigenvalue weighted by Gasteiger charge is -2.17. The number of urea groups is 1. The number of hydrogen-bond donors (Lipinski definition) is 3. The Labute approximate surface area is 130 Å². The molecule has 0 aliphatic rings. The molecule has 0 spiro atoms. The normalized spacial score (nSPS) is 12.4. The molecule has 0 saturated heterocycles. The molecule has 0 aliphatic heterocycles. The Balaban J connectivity index is 2.30. The van der Waals surface area contributed by atoms with Crippen molar-refractivity contribution in [2.24, 2.45) is 0 Å². The number of hydrogen-bond acceptors (Lipinski definition) is 2. The van der Waals surface area contributed by atoms with Gasteiger partial charge in [-0.25, -0.2) is 4.79 Å². The number of benzene rings is 1. The minimum absolute atomic E-state index is 0.0212. The highest BCUT2D eigenvalue weighted by molar-refractivity contribution is 6.33. The third-order valence-electron chi connectivity index (χ3n) is 2.65. The van der Waals surface area contributed by atoms with Crippen molar-refractivity contribution in [3.63, 3.8) is 0 Å². The quantitative estimate of drug-likeness (QED) is 0.722. The molecule has 1 aromatic rings. The number of alkyl halides is 3. The number of rotatable bonds is 5. The first-order valence-electron chi connectivity index (χ1n) is 6.35. The molecule has 0 radical (unpaired) electrons. The van der Waals surface area contributed by atoms with Gasteiger partial charge < -0.3 is 16.0 Å². The van der Waals surface area contributed by atoms with Crippen LogP contribution in [-0.2, 0) is 0 Å². The van der Waals surface area contributed by atoms with Crippen molar-refractivity contribution < 1.29 is 22.8 Å². The lowest BCUT2D eigenvalue weighted by atomic mass is 10.2. The van der Waals surface area contributed by atoms with Crippen molar-refractivity contribution in [2.45, 2.75) is 19.1 Å². The van der Waals surface area contributed by atoms with Gasteiger partial charge in [-0.1, -0.05) is 23.7 Å². The summed E-state index contributed by atoms with van der Waals surface area (Å²) in [7, 11) is 0. The van der Waals surface area contributed by atoms with Crippen LogP contribution in [0, 0.1) is 0 Å². The van der Waals surface area contributed by atoms with Crippen LogP contribution in [0.3, 0.4) is 0 Å². The first-order chi connectivity index (χ1) is 10.2. The number of carbonyl (C=O) groups excluding carboxylic acids is 2. The van der Waals surface area contributed by atoms with Crippen LogP contribution in [0.1, 0.15) is 17.3 Å². The summed E-state index contributed by atoms with van der Waals surface area (Å²) in [4.78, 5) is 23.0. The van der Waals surface area contributed by atoms with Gasteiger partial charge in [0.1, 0.15) is 6.04 Å². The highest BCUT2D eigenvalue weighted by Gasteiger charge is 2.36. The van der Waals surface area contributed by atoms with Crippen molar-refractivity contribution in [3.8, 4) is 0 Å². The summed E-state index contributed by atoms with van der Waals surface area (Å²) in [6.45, 7) is 0.864. The second-order valence-corrected chi connectivity index (χ2v) is 4.81. The predicted octanol–water partition coefficient (Wildman–Crippen LogP) is 2.32. The van der Waals surface area contributed by atoms with Crippen molar-refractivity contribution in [1.29, 1.82) is 0 Å². The molecule has 3 N–H and O–H groups in total. The minimum Gasteiger partial charge on any atom is -0.350 e. The van der Waals surface area contributed by atoms with E-state index < -0.39 is 24.2 Å². The molecular weight excluding hydrogens is 323 g/mol. The lowest BCUT2D eigenvalue weighted by Crippen LogP contribution is -2.48. The van der Waals surface area contributed by atoms with Crippen molar-refractivity contribution in [2.75, 3.05) is 13.1 Å². The van der Waals surface area contributed by atoms with Crippen LogP contribution in [0.4, 0.5) is 18.0 Å². The molecule has 0 heterocycles. The molecule has 22 heavy (non-hydrogen) atoms. The van der Waals surface area contributed by atoms with E-state index in [-0.39, 0.29) is 23.7 Å². The van der Waals surface area contributed by atoms with Gasteiger partial charge in [0, 0.05) is 13.1 Å².